The van der Waals surface area contributed by atoms with E-state index in [1.165, 1.54) is 23.5 Å². The molecule has 156 valence electrons. The lowest BCUT2D eigenvalue weighted by Gasteiger charge is -2.13. The zero-order valence-corrected chi connectivity index (χ0v) is 17.5. The van der Waals surface area contributed by atoms with Crippen molar-refractivity contribution in [3.05, 3.63) is 56.6 Å². The van der Waals surface area contributed by atoms with Gasteiger partial charge >= 0.3 is 6.18 Å². The standard InChI is InChI=1S/C16H11ClF3N7OS2/c1-8-21-10(6-29-8)5-14-23-24-15(28-14)30-7-13-22-25-26-27(13)12-3-2-9(17)4-11(12)16(18,19)20/h2-4,6H,5,7H2,1H3. The highest BCUT2D eigenvalue weighted by Crippen LogP contribution is 2.36. The fourth-order valence-electron chi connectivity index (χ4n) is 2.54. The zero-order chi connectivity index (χ0) is 21.3. The average Bonchev–Trinajstić information content (AvgIpc) is 3.41. The van der Waals surface area contributed by atoms with E-state index in [9.17, 15) is 13.2 Å². The fourth-order valence-corrected chi connectivity index (χ4v) is 4.01. The van der Waals surface area contributed by atoms with Crippen LogP contribution in [0.2, 0.25) is 5.02 Å². The molecule has 0 atom stereocenters. The summed E-state index contributed by atoms with van der Waals surface area (Å²) in [7, 11) is 0. The number of nitrogens with zero attached hydrogens (tertiary/aromatic N) is 7. The highest BCUT2D eigenvalue weighted by Gasteiger charge is 2.35. The number of hydrogen-bond donors (Lipinski definition) is 0. The van der Waals surface area contributed by atoms with Crippen LogP contribution in [0.5, 0.6) is 0 Å². The van der Waals surface area contributed by atoms with E-state index in [-0.39, 0.29) is 27.5 Å². The summed E-state index contributed by atoms with van der Waals surface area (Å²) in [5.74, 6) is 0.687. The molecule has 4 aromatic rings. The third-order valence-electron chi connectivity index (χ3n) is 3.80. The van der Waals surface area contributed by atoms with Gasteiger partial charge in [0.05, 0.1) is 34.1 Å². The molecule has 4 rings (SSSR count). The molecule has 0 saturated carbocycles. The quantitative estimate of drug-likeness (QED) is 0.381. The Hall–Kier alpha value is -2.51. The van der Waals surface area contributed by atoms with Crippen LogP contribution in [-0.2, 0) is 18.3 Å². The van der Waals surface area contributed by atoms with Crippen LogP contribution >= 0.6 is 34.7 Å². The molecule has 8 nitrogen and oxygen atoms in total. The molecule has 0 fully saturated rings. The monoisotopic (exact) mass is 473 g/mol. The highest BCUT2D eigenvalue weighted by molar-refractivity contribution is 7.98. The van der Waals surface area contributed by atoms with E-state index in [4.69, 9.17) is 16.0 Å². The van der Waals surface area contributed by atoms with E-state index in [1.54, 1.807) is 0 Å². The fraction of sp³-hybridized carbons (Fsp3) is 0.250. The summed E-state index contributed by atoms with van der Waals surface area (Å²) in [5, 5.41) is 22.0. The summed E-state index contributed by atoms with van der Waals surface area (Å²) in [4.78, 5) is 4.33. The molecular weight excluding hydrogens is 463 g/mol. The van der Waals surface area contributed by atoms with Crippen LogP contribution in [0.4, 0.5) is 13.2 Å². The summed E-state index contributed by atoms with van der Waals surface area (Å²) in [6.07, 6.45) is -4.22. The molecule has 14 heteroatoms. The Morgan fingerprint density at radius 2 is 2.07 bits per heavy atom. The van der Waals surface area contributed by atoms with Crippen LogP contribution in [0.1, 0.15) is 28.0 Å². The molecule has 0 unspecified atom stereocenters. The number of tetrazole rings is 1. The van der Waals surface area contributed by atoms with Gasteiger partial charge in [-0.05, 0) is 35.5 Å². The molecular formula is C16H11ClF3N7OS2. The number of benzene rings is 1. The second-order valence-electron chi connectivity index (χ2n) is 5.95. The largest absolute Gasteiger partial charge is 0.418 e. The Bertz CT molecular complexity index is 1170. The van der Waals surface area contributed by atoms with Crippen LogP contribution in [0.3, 0.4) is 0 Å². The van der Waals surface area contributed by atoms with Gasteiger partial charge in [-0.2, -0.15) is 17.9 Å². The molecule has 3 heterocycles. The van der Waals surface area contributed by atoms with E-state index < -0.39 is 11.7 Å². The van der Waals surface area contributed by atoms with Crippen LogP contribution in [0.25, 0.3) is 5.69 Å². The number of thioether (sulfide) groups is 1. The molecule has 30 heavy (non-hydrogen) atoms. The van der Waals surface area contributed by atoms with E-state index in [0.717, 1.165) is 33.2 Å². The second-order valence-corrected chi connectivity index (χ2v) is 8.38. The Morgan fingerprint density at radius 3 is 2.80 bits per heavy atom. The molecule has 1 aromatic carbocycles. The summed E-state index contributed by atoms with van der Waals surface area (Å²) in [6, 6.07) is 3.39. The predicted molar refractivity (Wildman–Crippen MR) is 103 cm³/mol. The summed E-state index contributed by atoms with van der Waals surface area (Å²) in [5.41, 5.74) is -0.339. The second kappa shape index (κ2) is 8.32. The Balaban J connectivity index is 1.50. The van der Waals surface area contributed by atoms with Gasteiger partial charge in [-0.25, -0.2) is 4.98 Å². The third-order valence-corrected chi connectivity index (χ3v) is 5.67. The van der Waals surface area contributed by atoms with Crippen molar-refractivity contribution in [1.82, 2.24) is 35.4 Å². The Morgan fingerprint density at radius 1 is 1.23 bits per heavy atom. The van der Waals surface area contributed by atoms with Crippen molar-refractivity contribution in [3.8, 4) is 5.69 Å². The number of aromatic nitrogens is 7. The third kappa shape index (κ3) is 4.63. The summed E-state index contributed by atoms with van der Waals surface area (Å²) in [6.45, 7) is 1.90. The SMILES string of the molecule is Cc1nc(Cc2nnc(SCc3nnnn3-c3ccc(Cl)cc3C(F)(F)F)o2)cs1. The smallest absolute Gasteiger partial charge is 0.416 e. The maximum absolute atomic E-state index is 13.4. The van der Waals surface area contributed by atoms with Gasteiger partial charge in [-0.15, -0.1) is 26.6 Å². The average molecular weight is 474 g/mol. The number of aryl methyl sites for hydroxylation is 1. The van der Waals surface area contributed by atoms with E-state index in [0.29, 0.717) is 12.3 Å². The number of halogens is 4. The van der Waals surface area contributed by atoms with Gasteiger partial charge in [-0.3, -0.25) is 0 Å². The minimum absolute atomic E-state index is 0.0382. The van der Waals surface area contributed by atoms with Gasteiger partial charge in [0.25, 0.3) is 5.22 Å². The normalized spacial score (nSPS) is 11.9. The van der Waals surface area contributed by atoms with Crippen LogP contribution in [0.15, 0.2) is 33.2 Å². The van der Waals surface area contributed by atoms with Crippen LogP contribution in [-0.4, -0.2) is 35.4 Å². The van der Waals surface area contributed by atoms with Crippen LogP contribution < -0.4 is 0 Å². The predicted octanol–water partition coefficient (Wildman–Crippen LogP) is 4.37. The van der Waals surface area contributed by atoms with Gasteiger partial charge < -0.3 is 4.42 Å². The van der Waals surface area contributed by atoms with Crippen LogP contribution in [0, 0.1) is 6.92 Å². The van der Waals surface area contributed by atoms with Crippen molar-refractivity contribution in [2.24, 2.45) is 0 Å². The summed E-state index contributed by atoms with van der Waals surface area (Å²) < 4.78 is 46.8. The van der Waals surface area contributed by atoms with Crippen molar-refractivity contribution in [2.45, 2.75) is 30.5 Å². The molecule has 0 N–H and O–H groups in total. The summed E-state index contributed by atoms with van der Waals surface area (Å²) >= 11 is 8.36. The van der Waals surface area contributed by atoms with Crippen molar-refractivity contribution >= 4 is 34.7 Å². The molecule has 0 aliphatic heterocycles. The van der Waals surface area contributed by atoms with E-state index in [2.05, 4.69) is 30.7 Å². The van der Waals surface area contributed by atoms with Gasteiger partial charge in [0.15, 0.2) is 5.82 Å². The zero-order valence-electron chi connectivity index (χ0n) is 15.1. The first-order valence-corrected chi connectivity index (χ1v) is 10.5. The number of hydrogen-bond acceptors (Lipinski definition) is 9. The Labute approximate surface area is 180 Å². The molecule has 0 spiro atoms. The Kier molecular flexibility index (Phi) is 5.75. The van der Waals surface area contributed by atoms with Gasteiger partial charge in [0, 0.05) is 10.4 Å². The minimum atomic E-state index is -4.62. The molecule has 0 aliphatic carbocycles. The van der Waals surface area contributed by atoms with E-state index in [1.807, 2.05) is 12.3 Å². The van der Waals surface area contributed by atoms with Gasteiger partial charge in [-0.1, -0.05) is 23.4 Å². The maximum Gasteiger partial charge on any atom is 0.418 e. The molecule has 0 saturated heterocycles. The molecule has 0 bridgehead atoms. The lowest BCUT2D eigenvalue weighted by atomic mass is 10.1. The van der Waals surface area contributed by atoms with Crippen molar-refractivity contribution in [1.29, 1.82) is 0 Å². The van der Waals surface area contributed by atoms with E-state index >= 15 is 0 Å². The molecule has 0 radical (unpaired) electrons. The van der Waals surface area contributed by atoms with Gasteiger partial charge in [0.1, 0.15) is 0 Å². The highest BCUT2D eigenvalue weighted by atomic mass is 35.5. The molecule has 0 aliphatic rings. The molecule has 0 amide bonds. The maximum atomic E-state index is 13.4. The number of alkyl halides is 3. The lowest BCUT2D eigenvalue weighted by molar-refractivity contribution is -0.137. The van der Waals surface area contributed by atoms with Crippen molar-refractivity contribution < 1.29 is 17.6 Å². The molecule has 3 aromatic heterocycles. The van der Waals surface area contributed by atoms with Gasteiger partial charge in [0.2, 0.25) is 5.89 Å². The first-order valence-electron chi connectivity index (χ1n) is 8.30. The first kappa shape index (κ1) is 20.8. The van der Waals surface area contributed by atoms with Crippen molar-refractivity contribution in [3.63, 3.8) is 0 Å². The topological polar surface area (TPSA) is 95.4 Å². The minimum Gasteiger partial charge on any atom is -0.416 e. The van der Waals surface area contributed by atoms with Crippen molar-refractivity contribution in [2.75, 3.05) is 0 Å². The first-order chi connectivity index (χ1) is 14.3. The lowest BCUT2D eigenvalue weighted by Crippen LogP contribution is -2.13. The number of thiazole rings is 1. The number of rotatable bonds is 6.